The second-order valence-corrected chi connectivity index (χ2v) is 10.3. The van der Waals surface area contributed by atoms with Crippen LogP contribution in [0.4, 0.5) is 4.39 Å². The maximum atomic E-state index is 13.7. The zero-order chi connectivity index (χ0) is 28.8. The lowest BCUT2D eigenvalue weighted by Crippen LogP contribution is -2.27. The van der Waals surface area contributed by atoms with Crippen LogP contribution in [0.25, 0.3) is 10.9 Å². The second-order valence-electron chi connectivity index (χ2n) is 9.39. The predicted molar refractivity (Wildman–Crippen MR) is 154 cm³/mol. The van der Waals surface area contributed by atoms with E-state index in [1.807, 2.05) is 24.3 Å². The standard InChI is InChI=1S/C30H30FN3O6S/c1-37-24-9-8-19(14-25(24)38-2)10-11-32-28(35)7-4-12-34-29(36)22-15-26-27(40-18-39-26)16-23(22)33-30(34)41-17-20-5-3-6-21(31)13-20/h3,5-6,8-9,13-16H,4,7,10-12,17-18H2,1-2H3,(H,32,35). The molecule has 1 aromatic heterocycles. The summed E-state index contributed by atoms with van der Waals surface area (Å²) in [6.07, 6.45) is 1.32. The highest BCUT2D eigenvalue weighted by atomic mass is 32.2. The van der Waals surface area contributed by atoms with E-state index in [0.29, 0.717) is 70.7 Å². The van der Waals surface area contributed by atoms with Crippen LogP contribution in [0, 0.1) is 5.82 Å². The maximum absolute atomic E-state index is 13.7. The number of amides is 1. The lowest BCUT2D eigenvalue weighted by molar-refractivity contribution is -0.121. The third-order valence-electron chi connectivity index (χ3n) is 6.64. The summed E-state index contributed by atoms with van der Waals surface area (Å²) in [5.74, 6) is 2.32. The van der Waals surface area contributed by atoms with Crippen LogP contribution in [0.5, 0.6) is 23.0 Å². The summed E-state index contributed by atoms with van der Waals surface area (Å²) in [6, 6.07) is 15.3. The first-order valence-corrected chi connectivity index (χ1v) is 14.1. The number of aromatic nitrogens is 2. The Kier molecular flexibility index (Phi) is 8.93. The van der Waals surface area contributed by atoms with Gasteiger partial charge >= 0.3 is 0 Å². The molecule has 11 heteroatoms. The van der Waals surface area contributed by atoms with E-state index in [9.17, 15) is 14.0 Å². The van der Waals surface area contributed by atoms with Crippen LogP contribution in [-0.2, 0) is 23.5 Å². The molecule has 0 saturated carbocycles. The molecule has 5 rings (SSSR count). The summed E-state index contributed by atoms with van der Waals surface area (Å²) in [6.45, 7) is 0.848. The summed E-state index contributed by atoms with van der Waals surface area (Å²) in [7, 11) is 3.17. The summed E-state index contributed by atoms with van der Waals surface area (Å²) < 4.78 is 36.8. The van der Waals surface area contributed by atoms with Gasteiger partial charge in [-0.3, -0.25) is 14.2 Å². The number of methoxy groups -OCH3 is 2. The number of benzene rings is 3. The summed E-state index contributed by atoms with van der Waals surface area (Å²) >= 11 is 1.34. The molecule has 2 heterocycles. The number of carbonyl (C=O) groups excluding carboxylic acids is 1. The summed E-state index contributed by atoms with van der Waals surface area (Å²) in [4.78, 5) is 30.9. The fraction of sp³-hybridized carbons (Fsp3) is 0.300. The highest BCUT2D eigenvalue weighted by Gasteiger charge is 2.19. The number of ether oxygens (including phenoxy) is 4. The first-order chi connectivity index (χ1) is 19.9. The SMILES string of the molecule is COc1ccc(CCNC(=O)CCCn2c(SCc3cccc(F)c3)nc3cc4c(cc3c2=O)OCO4)cc1OC. The first-order valence-electron chi connectivity index (χ1n) is 13.1. The van der Waals surface area contributed by atoms with Crippen LogP contribution >= 0.6 is 11.8 Å². The Hall–Kier alpha value is -4.25. The number of halogens is 1. The molecule has 4 aromatic rings. The van der Waals surface area contributed by atoms with E-state index in [4.69, 9.17) is 23.9 Å². The molecule has 214 valence electrons. The van der Waals surface area contributed by atoms with E-state index < -0.39 is 0 Å². The Bertz CT molecular complexity index is 1630. The van der Waals surface area contributed by atoms with Crippen LogP contribution in [0.15, 0.2) is 64.5 Å². The zero-order valence-electron chi connectivity index (χ0n) is 22.8. The maximum Gasteiger partial charge on any atom is 0.262 e. The number of carbonyl (C=O) groups is 1. The molecule has 0 aliphatic carbocycles. The fourth-order valence-electron chi connectivity index (χ4n) is 4.54. The first kappa shape index (κ1) is 28.3. The van der Waals surface area contributed by atoms with E-state index >= 15 is 0 Å². The van der Waals surface area contributed by atoms with Crippen LogP contribution in [-0.4, -0.2) is 43.0 Å². The molecule has 1 aliphatic rings. The number of fused-ring (bicyclic) bond motifs is 2. The molecule has 9 nitrogen and oxygen atoms in total. The minimum absolute atomic E-state index is 0.0855. The van der Waals surface area contributed by atoms with Crippen molar-refractivity contribution in [2.75, 3.05) is 27.6 Å². The molecule has 41 heavy (non-hydrogen) atoms. The van der Waals surface area contributed by atoms with E-state index in [2.05, 4.69) is 5.32 Å². The van der Waals surface area contributed by atoms with Gasteiger partial charge < -0.3 is 24.3 Å². The largest absolute Gasteiger partial charge is 0.493 e. The normalized spacial score (nSPS) is 12.0. The number of thioether (sulfide) groups is 1. The smallest absolute Gasteiger partial charge is 0.262 e. The number of nitrogens with zero attached hydrogens (tertiary/aromatic N) is 2. The van der Waals surface area contributed by atoms with Gasteiger partial charge in [-0.25, -0.2) is 9.37 Å². The van der Waals surface area contributed by atoms with Gasteiger partial charge in [-0.15, -0.1) is 0 Å². The Morgan fingerprint density at radius 1 is 1.05 bits per heavy atom. The van der Waals surface area contributed by atoms with Gasteiger partial charge in [0.05, 0.1) is 25.1 Å². The van der Waals surface area contributed by atoms with Gasteiger partial charge in [-0.05, 0) is 54.3 Å². The van der Waals surface area contributed by atoms with Gasteiger partial charge in [-0.1, -0.05) is 30.0 Å². The monoisotopic (exact) mass is 579 g/mol. The molecule has 1 N–H and O–H groups in total. The van der Waals surface area contributed by atoms with Crippen molar-refractivity contribution in [1.29, 1.82) is 0 Å². The third-order valence-corrected chi connectivity index (χ3v) is 7.69. The molecular formula is C30H30FN3O6S. The van der Waals surface area contributed by atoms with Gasteiger partial charge in [0.2, 0.25) is 12.7 Å². The number of rotatable bonds is 12. The Morgan fingerprint density at radius 2 is 1.85 bits per heavy atom. The van der Waals surface area contributed by atoms with Crippen molar-refractivity contribution in [3.63, 3.8) is 0 Å². The average Bonchev–Trinajstić information content (AvgIpc) is 3.44. The molecular weight excluding hydrogens is 549 g/mol. The Labute approximate surface area is 240 Å². The Balaban J connectivity index is 1.25. The highest BCUT2D eigenvalue weighted by molar-refractivity contribution is 7.98. The minimum Gasteiger partial charge on any atom is -0.493 e. The number of hydrogen-bond acceptors (Lipinski definition) is 8. The molecule has 1 amide bonds. The van der Waals surface area contributed by atoms with Crippen molar-refractivity contribution >= 4 is 28.6 Å². The Morgan fingerprint density at radius 3 is 2.63 bits per heavy atom. The fourth-order valence-corrected chi connectivity index (χ4v) is 5.51. The minimum atomic E-state index is -0.322. The van der Waals surface area contributed by atoms with Crippen LogP contribution in [0.2, 0.25) is 0 Å². The van der Waals surface area contributed by atoms with Gasteiger partial charge in [0.15, 0.2) is 28.2 Å². The van der Waals surface area contributed by atoms with Crippen molar-refractivity contribution < 1.29 is 28.1 Å². The van der Waals surface area contributed by atoms with E-state index in [1.165, 1.54) is 23.9 Å². The predicted octanol–water partition coefficient (Wildman–Crippen LogP) is 4.71. The molecule has 0 radical (unpaired) electrons. The average molecular weight is 580 g/mol. The molecule has 0 fully saturated rings. The molecule has 0 atom stereocenters. The molecule has 3 aromatic carbocycles. The van der Waals surface area contributed by atoms with Crippen molar-refractivity contribution in [3.8, 4) is 23.0 Å². The van der Waals surface area contributed by atoms with E-state index in [1.54, 1.807) is 37.0 Å². The van der Waals surface area contributed by atoms with E-state index in [0.717, 1.165) is 11.1 Å². The van der Waals surface area contributed by atoms with Crippen molar-refractivity contribution in [2.45, 2.75) is 36.7 Å². The van der Waals surface area contributed by atoms with Crippen LogP contribution in [0.1, 0.15) is 24.0 Å². The molecule has 0 bridgehead atoms. The molecule has 0 spiro atoms. The zero-order valence-corrected chi connectivity index (χ0v) is 23.6. The topological polar surface area (TPSA) is 101 Å². The quantitative estimate of drug-likeness (QED) is 0.190. The third kappa shape index (κ3) is 6.74. The van der Waals surface area contributed by atoms with Gasteiger partial charge in [0, 0.05) is 31.3 Å². The van der Waals surface area contributed by atoms with Gasteiger partial charge in [-0.2, -0.15) is 0 Å². The summed E-state index contributed by atoms with van der Waals surface area (Å²) in [5.41, 5.74) is 2.04. The van der Waals surface area contributed by atoms with Crippen molar-refractivity contribution in [1.82, 2.24) is 14.9 Å². The number of nitrogens with one attached hydrogen (secondary N) is 1. The molecule has 0 unspecified atom stereocenters. The summed E-state index contributed by atoms with van der Waals surface area (Å²) in [5, 5.41) is 3.83. The van der Waals surface area contributed by atoms with E-state index in [-0.39, 0.29) is 30.5 Å². The van der Waals surface area contributed by atoms with Gasteiger partial charge in [0.25, 0.3) is 5.56 Å². The van der Waals surface area contributed by atoms with Gasteiger partial charge in [0.1, 0.15) is 5.82 Å². The molecule has 0 saturated heterocycles. The van der Waals surface area contributed by atoms with Crippen molar-refractivity contribution in [2.24, 2.45) is 0 Å². The lowest BCUT2D eigenvalue weighted by atomic mass is 10.1. The molecule has 1 aliphatic heterocycles. The second kappa shape index (κ2) is 12.9. The van der Waals surface area contributed by atoms with Crippen LogP contribution in [0.3, 0.4) is 0 Å². The highest BCUT2D eigenvalue weighted by Crippen LogP contribution is 2.35. The van der Waals surface area contributed by atoms with Crippen molar-refractivity contribution in [3.05, 3.63) is 81.9 Å². The lowest BCUT2D eigenvalue weighted by Gasteiger charge is -2.14. The van der Waals surface area contributed by atoms with Crippen LogP contribution < -0.4 is 29.8 Å². The number of hydrogen-bond donors (Lipinski definition) is 1.